The van der Waals surface area contributed by atoms with Gasteiger partial charge in [0.05, 0.1) is 11.1 Å². The first-order valence-corrected chi connectivity index (χ1v) is 8.03. The van der Waals surface area contributed by atoms with Crippen LogP contribution in [0.5, 0.6) is 0 Å². The Morgan fingerprint density at radius 2 is 2.05 bits per heavy atom. The molecule has 2 N–H and O–H groups in total. The van der Waals surface area contributed by atoms with E-state index in [1.807, 2.05) is 11.4 Å². The van der Waals surface area contributed by atoms with E-state index in [4.69, 9.17) is 5.73 Å². The molecule has 2 aromatic heterocycles. The molecule has 2 heterocycles. The molecule has 0 aliphatic heterocycles. The minimum absolute atomic E-state index is 0.0153. The number of nitrogens with two attached hydrogens (primary N) is 1. The number of halogens is 2. The van der Waals surface area contributed by atoms with Gasteiger partial charge in [0.1, 0.15) is 10.6 Å². The molecule has 0 saturated carbocycles. The van der Waals surface area contributed by atoms with Gasteiger partial charge in [-0.15, -0.1) is 11.3 Å². The summed E-state index contributed by atoms with van der Waals surface area (Å²) >= 11 is 2.53. The van der Waals surface area contributed by atoms with Gasteiger partial charge in [0.15, 0.2) is 22.6 Å². The molecule has 0 atom stereocenters. The van der Waals surface area contributed by atoms with E-state index in [1.165, 1.54) is 17.4 Å². The highest BCUT2D eigenvalue weighted by molar-refractivity contribution is 7.99. The zero-order chi connectivity index (χ0) is 15.7. The molecule has 0 fully saturated rings. The standard InChI is InChI=1S/C14H9F2N3OS2/c15-9-2-1-7(5-10(9)16)11(20)6-22-14-18-12(17)8-3-4-21-13(8)19-14/h1-5H,6H2,(H2,17,18,19). The highest BCUT2D eigenvalue weighted by atomic mass is 32.2. The van der Waals surface area contributed by atoms with Gasteiger partial charge in [-0.1, -0.05) is 11.8 Å². The van der Waals surface area contributed by atoms with Crippen molar-refractivity contribution >= 4 is 44.9 Å². The Morgan fingerprint density at radius 1 is 1.23 bits per heavy atom. The Labute approximate surface area is 132 Å². The third kappa shape index (κ3) is 2.93. The Hall–Kier alpha value is -2.06. The number of carbonyl (C=O) groups excluding carboxylic acids is 1. The fourth-order valence-electron chi connectivity index (χ4n) is 1.81. The van der Waals surface area contributed by atoms with Crippen LogP contribution in [-0.2, 0) is 0 Å². The molecule has 0 amide bonds. The number of nitrogens with zero attached hydrogens (tertiary/aromatic N) is 2. The van der Waals surface area contributed by atoms with Crippen molar-refractivity contribution in [1.29, 1.82) is 0 Å². The number of Topliss-reactive ketones (excluding diaryl/α,β-unsaturated/α-hetero) is 1. The second-order valence-corrected chi connectivity index (χ2v) is 6.21. The molecule has 0 radical (unpaired) electrons. The molecule has 22 heavy (non-hydrogen) atoms. The number of thiophene rings is 1. The fourth-order valence-corrected chi connectivity index (χ4v) is 3.38. The molecular weight excluding hydrogens is 328 g/mol. The van der Waals surface area contributed by atoms with Crippen molar-refractivity contribution in [2.45, 2.75) is 5.16 Å². The van der Waals surface area contributed by atoms with E-state index < -0.39 is 11.6 Å². The monoisotopic (exact) mass is 337 g/mol. The van der Waals surface area contributed by atoms with Crippen LogP contribution in [0, 0.1) is 11.6 Å². The summed E-state index contributed by atoms with van der Waals surface area (Å²) in [6.07, 6.45) is 0. The molecule has 0 bridgehead atoms. The van der Waals surface area contributed by atoms with Crippen LogP contribution in [0.4, 0.5) is 14.6 Å². The molecule has 0 aliphatic rings. The van der Waals surface area contributed by atoms with Gasteiger partial charge in [-0.2, -0.15) is 0 Å². The molecule has 8 heteroatoms. The summed E-state index contributed by atoms with van der Waals surface area (Å²) in [5.74, 6) is -1.99. The maximum Gasteiger partial charge on any atom is 0.191 e. The molecule has 3 rings (SSSR count). The number of thioether (sulfide) groups is 1. The predicted octanol–water partition coefficient (Wildman–Crippen LogP) is 3.53. The van der Waals surface area contributed by atoms with Gasteiger partial charge in [-0.05, 0) is 29.6 Å². The molecule has 1 aromatic carbocycles. The van der Waals surface area contributed by atoms with Crippen molar-refractivity contribution in [3.05, 3.63) is 46.8 Å². The molecule has 0 aliphatic carbocycles. The van der Waals surface area contributed by atoms with Gasteiger partial charge in [0.25, 0.3) is 0 Å². The third-order valence-corrected chi connectivity index (χ3v) is 4.56. The van der Waals surface area contributed by atoms with Crippen LogP contribution in [0.3, 0.4) is 0 Å². The van der Waals surface area contributed by atoms with Crippen LogP contribution in [0.25, 0.3) is 10.2 Å². The number of hydrogen-bond donors (Lipinski definition) is 1. The van der Waals surface area contributed by atoms with Crippen molar-refractivity contribution in [2.75, 3.05) is 11.5 Å². The summed E-state index contributed by atoms with van der Waals surface area (Å²) in [6.45, 7) is 0. The Bertz CT molecular complexity index is 866. The minimum atomic E-state index is -1.05. The average molecular weight is 337 g/mol. The molecule has 3 aromatic rings. The first-order chi connectivity index (χ1) is 10.5. The second-order valence-electron chi connectivity index (χ2n) is 4.37. The van der Waals surface area contributed by atoms with Gasteiger partial charge >= 0.3 is 0 Å². The average Bonchev–Trinajstić information content (AvgIpc) is 2.96. The quantitative estimate of drug-likeness (QED) is 0.448. The van der Waals surface area contributed by atoms with Crippen molar-refractivity contribution in [3.63, 3.8) is 0 Å². The van der Waals surface area contributed by atoms with Crippen molar-refractivity contribution in [3.8, 4) is 0 Å². The summed E-state index contributed by atoms with van der Waals surface area (Å²) < 4.78 is 26.0. The van der Waals surface area contributed by atoms with Gasteiger partial charge in [-0.3, -0.25) is 4.79 Å². The van der Waals surface area contributed by atoms with E-state index in [1.54, 1.807) is 0 Å². The number of benzene rings is 1. The number of anilines is 1. The number of hydrogen-bond acceptors (Lipinski definition) is 6. The van der Waals surface area contributed by atoms with Crippen LogP contribution in [-0.4, -0.2) is 21.5 Å². The van der Waals surface area contributed by atoms with Crippen LogP contribution < -0.4 is 5.73 Å². The lowest BCUT2D eigenvalue weighted by molar-refractivity contribution is 0.102. The first kappa shape index (κ1) is 14.9. The second kappa shape index (κ2) is 5.98. The van der Waals surface area contributed by atoms with Crippen LogP contribution in [0.2, 0.25) is 0 Å². The highest BCUT2D eigenvalue weighted by Crippen LogP contribution is 2.26. The lowest BCUT2D eigenvalue weighted by atomic mass is 10.1. The maximum atomic E-state index is 13.1. The van der Waals surface area contributed by atoms with E-state index >= 15 is 0 Å². The summed E-state index contributed by atoms with van der Waals surface area (Å²) in [4.78, 5) is 21.1. The van der Waals surface area contributed by atoms with E-state index in [0.717, 1.165) is 34.1 Å². The van der Waals surface area contributed by atoms with Gasteiger partial charge in [-0.25, -0.2) is 18.7 Å². The zero-order valence-electron chi connectivity index (χ0n) is 11.0. The number of carbonyl (C=O) groups is 1. The summed E-state index contributed by atoms with van der Waals surface area (Å²) in [5, 5.41) is 3.01. The largest absolute Gasteiger partial charge is 0.383 e. The van der Waals surface area contributed by atoms with E-state index in [9.17, 15) is 13.6 Å². The molecule has 0 unspecified atom stereocenters. The van der Waals surface area contributed by atoms with E-state index in [2.05, 4.69) is 9.97 Å². The number of rotatable bonds is 4. The minimum Gasteiger partial charge on any atom is -0.383 e. The normalized spacial score (nSPS) is 11.0. The molecule has 0 saturated heterocycles. The SMILES string of the molecule is Nc1nc(SCC(=O)c2ccc(F)c(F)c2)nc2sccc12. The van der Waals surface area contributed by atoms with Crippen LogP contribution in [0.15, 0.2) is 34.8 Å². The maximum absolute atomic E-state index is 13.1. The number of nitrogen functional groups attached to an aromatic ring is 1. The fraction of sp³-hybridized carbons (Fsp3) is 0.0714. The number of fused-ring (bicyclic) bond motifs is 1. The lowest BCUT2D eigenvalue weighted by Gasteiger charge is -2.03. The highest BCUT2D eigenvalue weighted by Gasteiger charge is 2.12. The zero-order valence-corrected chi connectivity index (χ0v) is 12.7. The molecule has 0 spiro atoms. The van der Waals surface area contributed by atoms with Crippen molar-refractivity contribution < 1.29 is 13.6 Å². The number of ketones is 1. The predicted molar refractivity (Wildman–Crippen MR) is 83.2 cm³/mol. The molecular formula is C14H9F2N3OS2. The van der Waals surface area contributed by atoms with E-state index in [-0.39, 0.29) is 17.1 Å². The topological polar surface area (TPSA) is 68.9 Å². The van der Waals surface area contributed by atoms with Crippen LogP contribution >= 0.6 is 23.1 Å². The van der Waals surface area contributed by atoms with Crippen LogP contribution in [0.1, 0.15) is 10.4 Å². The van der Waals surface area contributed by atoms with Gasteiger partial charge < -0.3 is 5.73 Å². The summed E-state index contributed by atoms with van der Waals surface area (Å²) in [7, 11) is 0. The lowest BCUT2D eigenvalue weighted by Crippen LogP contribution is -2.05. The molecule has 4 nitrogen and oxygen atoms in total. The van der Waals surface area contributed by atoms with E-state index in [0.29, 0.717) is 11.0 Å². The Kier molecular flexibility index (Phi) is 4.04. The first-order valence-electron chi connectivity index (χ1n) is 6.16. The van der Waals surface area contributed by atoms with Gasteiger partial charge in [0, 0.05) is 5.56 Å². The third-order valence-electron chi connectivity index (χ3n) is 2.91. The Morgan fingerprint density at radius 3 is 2.82 bits per heavy atom. The summed E-state index contributed by atoms with van der Waals surface area (Å²) in [6, 6.07) is 4.89. The van der Waals surface area contributed by atoms with Gasteiger partial charge in [0.2, 0.25) is 0 Å². The smallest absolute Gasteiger partial charge is 0.191 e. The number of aromatic nitrogens is 2. The van der Waals surface area contributed by atoms with Crippen molar-refractivity contribution in [1.82, 2.24) is 9.97 Å². The Balaban J connectivity index is 1.75. The van der Waals surface area contributed by atoms with Crippen molar-refractivity contribution in [2.24, 2.45) is 0 Å². The summed E-state index contributed by atoms with van der Waals surface area (Å²) in [5.41, 5.74) is 5.93. The molecule has 112 valence electrons.